The lowest BCUT2D eigenvalue weighted by Gasteiger charge is -2.38. The monoisotopic (exact) mass is 388 g/mol. The molecular weight excluding hydrogens is 367 g/mol. The van der Waals surface area contributed by atoms with Crippen molar-refractivity contribution in [3.05, 3.63) is 53.1 Å². The molecule has 0 radical (unpaired) electrons. The second-order valence-electron chi connectivity index (χ2n) is 7.42. The number of hydrogen-bond donors (Lipinski definition) is 0. The molecule has 1 amide bonds. The van der Waals surface area contributed by atoms with Crippen LogP contribution in [0.4, 0.5) is 10.3 Å². The number of rotatable bonds is 4. The second kappa shape index (κ2) is 7.08. The van der Waals surface area contributed by atoms with Gasteiger partial charge in [-0.3, -0.25) is 4.79 Å². The van der Waals surface area contributed by atoms with Gasteiger partial charge in [-0.05, 0) is 43.4 Å². The number of benzene rings is 1. The van der Waals surface area contributed by atoms with Crippen LogP contribution in [0.1, 0.15) is 31.2 Å². The van der Waals surface area contributed by atoms with Crippen molar-refractivity contribution in [1.29, 1.82) is 0 Å². The summed E-state index contributed by atoms with van der Waals surface area (Å²) in [6.07, 6.45) is 6.62. The molecule has 1 aliphatic heterocycles. The first-order valence-corrected chi connectivity index (χ1v) is 9.63. The zero-order chi connectivity index (χ0) is 19.0. The Hall–Kier alpha value is -2.21. The number of aromatic nitrogens is 2. The molecule has 1 saturated carbocycles. The molecule has 4 rings (SSSR count). The number of carbonyl (C=O) groups excluding carboxylic acids is 1. The Kier molecular flexibility index (Phi) is 4.76. The lowest BCUT2D eigenvalue weighted by atomic mass is 9.92. The highest BCUT2D eigenvalue weighted by Gasteiger charge is 2.53. The second-order valence-corrected chi connectivity index (χ2v) is 7.86. The van der Waals surface area contributed by atoms with E-state index in [4.69, 9.17) is 11.6 Å². The minimum atomic E-state index is -0.439. The van der Waals surface area contributed by atoms with Crippen LogP contribution in [0.3, 0.4) is 0 Å². The smallest absolute Gasteiger partial charge is 0.233 e. The average Bonchev–Trinajstić information content (AvgIpc) is 3.50. The van der Waals surface area contributed by atoms with E-state index in [-0.39, 0.29) is 17.8 Å². The van der Waals surface area contributed by atoms with E-state index in [1.807, 2.05) is 11.9 Å². The van der Waals surface area contributed by atoms with Crippen LogP contribution < -0.4 is 4.90 Å². The van der Waals surface area contributed by atoms with E-state index in [1.165, 1.54) is 12.1 Å². The first-order valence-electron chi connectivity index (χ1n) is 9.25. The molecule has 0 bridgehead atoms. The van der Waals surface area contributed by atoms with Crippen LogP contribution in [0.25, 0.3) is 0 Å². The molecule has 2 heterocycles. The van der Waals surface area contributed by atoms with Gasteiger partial charge in [-0.2, -0.15) is 0 Å². The van der Waals surface area contributed by atoms with Gasteiger partial charge in [-0.15, -0.1) is 0 Å². The number of anilines is 1. The summed E-state index contributed by atoms with van der Waals surface area (Å²) in [4.78, 5) is 25.7. The van der Waals surface area contributed by atoms with Gasteiger partial charge in [0.2, 0.25) is 11.9 Å². The quantitative estimate of drug-likeness (QED) is 0.805. The summed E-state index contributed by atoms with van der Waals surface area (Å²) in [5.41, 5.74) is 0.494. The molecule has 0 N–H and O–H groups in total. The Morgan fingerprint density at radius 1 is 1.19 bits per heavy atom. The van der Waals surface area contributed by atoms with E-state index in [1.54, 1.807) is 24.5 Å². The van der Waals surface area contributed by atoms with Crippen LogP contribution in [0.5, 0.6) is 0 Å². The normalized spacial score (nSPS) is 19.0. The Balaban J connectivity index is 1.39. The van der Waals surface area contributed by atoms with Crippen LogP contribution in [-0.4, -0.2) is 47.0 Å². The van der Waals surface area contributed by atoms with Gasteiger partial charge >= 0.3 is 0 Å². The summed E-state index contributed by atoms with van der Waals surface area (Å²) < 4.78 is 13.2. The SMILES string of the molecule is CN(c1ncc(Cl)cn1)C1CCN(C(=O)C2(c3ccc(F)cc3)CC2)CC1. The topological polar surface area (TPSA) is 49.3 Å². The molecule has 7 heteroatoms. The lowest BCUT2D eigenvalue weighted by molar-refractivity contribution is -0.135. The molecule has 1 aliphatic carbocycles. The summed E-state index contributed by atoms with van der Waals surface area (Å²) in [5.74, 6) is 0.558. The van der Waals surface area contributed by atoms with Crippen molar-refractivity contribution in [2.75, 3.05) is 25.0 Å². The molecule has 1 saturated heterocycles. The van der Waals surface area contributed by atoms with E-state index in [9.17, 15) is 9.18 Å². The highest BCUT2D eigenvalue weighted by molar-refractivity contribution is 6.30. The van der Waals surface area contributed by atoms with Gasteiger partial charge in [0.25, 0.3) is 0 Å². The van der Waals surface area contributed by atoms with Gasteiger partial charge in [0.05, 0.1) is 22.8 Å². The first kappa shape index (κ1) is 18.2. The molecule has 2 aliphatic rings. The van der Waals surface area contributed by atoms with Crippen molar-refractivity contribution in [3.63, 3.8) is 0 Å². The molecule has 1 aromatic carbocycles. The molecule has 27 heavy (non-hydrogen) atoms. The maximum absolute atomic E-state index is 13.2. The molecule has 2 aromatic rings. The molecule has 5 nitrogen and oxygen atoms in total. The van der Waals surface area contributed by atoms with Crippen LogP contribution in [0.15, 0.2) is 36.7 Å². The average molecular weight is 389 g/mol. The van der Waals surface area contributed by atoms with Crippen LogP contribution in [-0.2, 0) is 10.2 Å². The molecule has 1 aromatic heterocycles. The van der Waals surface area contributed by atoms with Crippen LogP contribution in [0.2, 0.25) is 5.02 Å². The Morgan fingerprint density at radius 2 is 1.78 bits per heavy atom. The molecule has 2 fully saturated rings. The van der Waals surface area contributed by atoms with Crippen molar-refractivity contribution in [1.82, 2.24) is 14.9 Å². The number of likely N-dealkylation sites (tertiary alicyclic amines) is 1. The number of amides is 1. The molecule has 142 valence electrons. The van der Waals surface area contributed by atoms with Gasteiger partial charge in [-0.1, -0.05) is 23.7 Å². The van der Waals surface area contributed by atoms with E-state index < -0.39 is 5.41 Å². The third kappa shape index (κ3) is 3.50. The van der Waals surface area contributed by atoms with Gasteiger partial charge in [-0.25, -0.2) is 14.4 Å². The summed E-state index contributed by atoms with van der Waals surface area (Å²) in [6, 6.07) is 6.67. The van der Waals surface area contributed by atoms with Crippen molar-refractivity contribution in [2.45, 2.75) is 37.1 Å². The Labute approximate surface area is 163 Å². The van der Waals surface area contributed by atoms with Gasteiger partial charge in [0, 0.05) is 26.2 Å². The minimum absolute atomic E-state index is 0.179. The van der Waals surface area contributed by atoms with Gasteiger partial charge in [0.15, 0.2) is 0 Å². The number of hydrogen-bond acceptors (Lipinski definition) is 4. The molecule has 0 spiro atoms. The number of carbonyl (C=O) groups is 1. The van der Waals surface area contributed by atoms with Gasteiger partial charge in [0.1, 0.15) is 5.82 Å². The maximum Gasteiger partial charge on any atom is 0.233 e. The number of piperidine rings is 1. The van der Waals surface area contributed by atoms with Crippen LogP contribution in [0, 0.1) is 5.82 Å². The maximum atomic E-state index is 13.2. The summed E-state index contributed by atoms with van der Waals surface area (Å²) in [7, 11) is 1.98. The molecule has 0 atom stereocenters. The summed E-state index contributed by atoms with van der Waals surface area (Å²) in [5, 5.41) is 0.517. The highest BCUT2D eigenvalue weighted by Crippen LogP contribution is 2.50. The Bertz CT molecular complexity index is 815. The standard InChI is InChI=1S/C20H22ClFN4O/c1-25(19-23-12-15(21)13-24-19)17-6-10-26(11-7-17)18(27)20(8-9-20)14-2-4-16(22)5-3-14/h2-5,12-13,17H,6-11H2,1H3. The van der Waals surface area contributed by atoms with E-state index in [0.717, 1.165) is 31.2 Å². The number of nitrogens with zero attached hydrogens (tertiary/aromatic N) is 4. The first-order chi connectivity index (χ1) is 13.0. The fourth-order valence-electron chi connectivity index (χ4n) is 3.93. The van der Waals surface area contributed by atoms with Crippen molar-refractivity contribution >= 4 is 23.5 Å². The van der Waals surface area contributed by atoms with Crippen LogP contribution >= 0.6 is 11.6 Å². The van der Waals surface area contributed by atoms with E-state index in [0.29, 0.717) is 24.1 Å². The summed E-state index contributed by atoms with van der Waals surface area (Å²) >= 11 is 5.86. The van der Waals surface area contributed by atoms with Gasteiger partial charge < -0.3 is 9.80 Å². The predicted octanol–water partition coefficient (Wildman–Crippen LogP) is 3.43. The fourth-order valence-corrected chi connectivity index (χ4v) is 4.03. The zero-order valence-electron chi connectivity index (χ0n) is 15.2. The third-order valence-electron chi connectivity index (χ3n) is 5.78. The van der Waals surface area contributed by atoms with E-state index in [2.05, 4.69) is 14.9 Å². The van der Waals surface area contributed by atoms with E-state index >= 15 is 0 Å². The molecular formula is C20H22ClFN4O. The largest absolute Gasteiger partial charge is 0.342 e. The van der Waals surface area contributed by atoms with Crippen molar-refractivity contribution < 1.29 is 9.18 Å². The summed E-state index contributed by atoms with van der Waals surface area (Å²) in [6.45, 7) is 1.43. The predicted molar refractivity (Wildman–Crippen MR) is 102 cm³/mol. The minimum Gasteiger partial charge on any atom is -0.342 e. The Morgan fingerprint density at radius 3 is 2.33 bits per heavy atom. The van der Waals surface area contributed by atoms with Crippen molar-refractivity contribution in [3.8, 4) is 0 Å². The third-order valence-corrected chi connectivity index (χ3v) is 5.97. The fraction of sp³-hybridized carbons (Fsp3) is 0.450. The zero-order valence-corrected chi connectivity index (χ0v) is 16.0. The highest BCUT2D eigenvalue weighted by atomic mass is 35.5. The number of halogens is 2. The lowest BCUT2D eigenvalue weighted by Crippen LogP contribution is -2.48. The molecule has 0 unspecified atom stereocenters. The van der Waals surface area contributed by atoms with Crippen molar-refractivity contribution in [2.24, 2.45) is 0 Å².